The fraction of sp³-hybridized carbons (Fsp3) is 0.500. The number of anilines is 1. The van der Waals surface area contributed by atoms with Crippen LogP contribution in [-0.4, -0.2) is 28.9 Å². The number of nitrogens with one attached hydrogen (secondary N) is 2. The van der Waals surface area contributed by atoms with Crippen molar-refractivity contribution in [2.24, 2.45) is 11.8 Å². The zero-order valence-corrected chi connectivity index (χ0v) is 14.2. The van der Waals surface area contributed by atoms with Gasteiger partial charge in [0, 0.05) is 42.5 Å². The Morgan fingerprint density at radius 3 is 2.74 bits per heavy atom. The number of rotatable bonds is 7. The van der Waals surface area contributed by atoms with E-state index >= 15 is 0 Å². The lowest BCUT2D eigenvalue weighted by Crippen LogP contribution is -2.32. The minimum Gasteiger partial charge on any atom is -0.396 e. The second-order valence-electron chi connectivity index (χ2n) is 6.59. The Kier molecular flexibility index (Phi) is 6.04. The molecule has 5 heteroatoms. The van der Waals surface area contributed by atoms with E-state index in [4.69, 9.17) is 5.11 Å². The van der Waals surface area contributed by atoms with E-state index in [1.807, 2.05) is 25.1 Å². The first-order chi connectivity index (χ1) is 11.0. The number of aromatic nitrogens is 1. The van der Waals surface area contributed by atoms with Crippen LogP contribution < -0.4 is 10.6 Å². The second-order valence-corrected chi connectivity index (χ2v) is 6.59. The lowest BCUT2D eigenvalue weighted by atomic mass is 10.1. The quantitative estimate of drug-likeness (QED) is 0.732. The molecule has 0 fully saturated rings. The second kappa shape index (κ2) is 8.02. The summed E-state index contributed by atoms with van der Waals surface area (Å²) >= 11 is 0. The van der Waals surface area contributed by atoms with E-state index in [2.05, 4.69) is 41.3 Å². The number of amides is 2. The van der Waals surface area contributed by atoms with Crippen LogP contribution >= 0.6 is 0 Å². The number of benzene rings is 1. The number of hydrogen-bond acceptors (Lipinski definition) is 2. The minimum absolute atomic E-state index is 0.147. The summed E-state index contributed by atoms with van der Waals surface area (Å²) in [5, 5.41) is 15.7. The molecule has 2 aromatic rings. The van der Waals surface area contributed by atoms with Gasteiger partial charge in [0.2, 0.25) is 0 Å². The summed E-state index contributed by atoms with van der Waals surface area (Å²) in [6.45, 7) is 8.08. The average molecular weight is 317 g/mol. The van der Waals surface area contributed by atoms with Crippen molar-refractivity contribution in [1.82, 2.24) is 9.88 Å². The van der Waals surface area contributed by atoms with Gasteiger partial charge in [0.25, 0.3) is 0 Å². The number of carbonyl (C=O) groups excluding carboxylic acids is 1. The summed E-state index contributed by atoms with van der Waals surface area (Å²) in [5.41, 5.74) is 1.97. The largest absolute Gasteiger partial charge is 0.396 e. The van der Waals surface area contributed by atoms with Gasteiger partial charge >= 0.3 is 6.03 Å². The molecular formula is C18H27N3O2. The predicted molar refractivity (Wildman–Crippen MR) is 94.7 cm³/mol. The fourth-order valence-electron chi connectivity index (χ4n) is 2.60. The van der Waals surface area contributed by atoms with E-state index in [0.717, 1.165) is 17.6 Å². The zero-order valence-electron chi connectivity index (χ0n) is 14.2. The molecule has 1 atom stereocenters. The molecule has 5 nitrogen and oxygen atoms in total. The first-order valence-electron chi connectivity index (χ1n) is 8.24. The van der Waals surface area contributed by atoms with Crippen LogP contribution in [0.15, 0.2) is 30.5 Å². The maximum absolute atomic E-state index is 11.9. The summed E-state index contributed by atoms with van der Waals surface area (Å²) < 4.78 is 2.24. The maximum atomic E-state index is 11.9. The van der Waals surface area contributed by atoms with Gasteiger partial charge in [-0.05, 0) is 42.5 Å². The van der Waals surface area contributed by atoms with Crippen molar-refractivity contribution in [3.8, 4) is 0 Å². The van der Waals surface area contributed by atoms with E-state index in [1.54, 1.807) is 0 Å². The Morgan fingerprint density at radius 1 is 1.26 bits per heavy atom. The van der Waals surface area contributed by atoms with Gasteiger partial charge in [-0.3, -0.25) is 0 Å². The summed E-state index contributed by atoms with van der Waals surface area (Å²) in [7, 11) is 0. The SMILES string of the molecule is CC(C)Cn1ccc2cc(NC(=O)NCC(C)CCO)ccc21. The third-order valence-corrected chi connectivity index (χ3v) is 3.82. The van der Waals surface area contributed by atoms with Gasteiger partial charge in [-0.25, -0.2) is 4.79 Å². The van der Waals surface area contributed by atoms with Crippen LogP contribution in [0.5, 0.6) is 0 Å². The molecule has 2 amide bonds. The Morgan fingerprint density at radius 2 is 2.04 bits per heavy atom. The molecule has 0 aliphatic rings. The third kappa shape index (κ3) is 4.99. The van der Waals surface area contributed by atoms with Gasteiger partial charge in [-0.2, -0.15) is 0 Å². The molecule has 1 aromatic carbocycles. The molecule has 126 valence electrons. The lowest BCUT2D eigenvalue weighted by molar-refractivity contribution is 0.243. The highest BCUT2D eigenvalue weighted by atomic mass is 16.3. The van der Waals surface area contributed by atoms with Crippen LogP contribution in [0.3, 0.4) is 0 Å². The summed E-state index contributed by atoms with van der Waals surface area (Å²) in [6, 6.07) is 7.82. The first kappa shape index (κ1) is 17.3. The molecule has 0 saturated heterocycles. The predicted octanol–water partition coefficient (Wildman–Crippen LogP) is 3.44. The molecular weight excluding hydrogens is 290 g/mol. The molecule has 0 saturated carbocycles. The van der Waals surface area contributed by atoms with Crippen LogP contribution in [0.4, 0.5) is 10.5 Å². The standard InChI is InChI=1S/C18H27N3O2/c1-13(2)12-21-8-6-15-10-16(4-5-17(15)21)20-18(23)19-11-14(3)7-9-22/h4-6,8,10,13-14,22H,7,9,11-12H2,1-3H3,(H2,19,20,23). The van der Waals surface area contributed by atoms with Gasteiger partial charge in [0.1, 0.15) is 0 Å². The number of aliphatic hydroxyl groups is 1. The van der Waals surface area contributed by atoms with Crippen LogP contribution in [0.2, 0.25) is 0 Å². The van der Waals surface area contributed by atoms with Crippen molar-refractivity contribution in [3.63, 3.8) is 0 Å². The fourth-order valence-corrected chi connectivity index (χ4v) is 2.60. The van der Waals surface area contributed by atoms with Crippen molar-refractivity contribution in [3.05, 3.63) is 30.5 Å². The monoisotopic (exact) mass is 317 g/mol. The van der Waals surface area contributed by atoms with Crippen LogP contribution in [-0.2, 0) is 6.54 Å². The maximum Gasteiger partial charge on any atom is 0.319 e. The number of aliphatic hydroxyl groups excluding tert-OH is 1. The molecule has 0 aliphatic carbocycles. The molecule has 0 aliphatic heterocycles. The summed E-state index contributed by atoms with van der Waals surface area (Å²) in [4.78, 5) is 11.9. The number of urea groups is 1. The van der Waals surface area contributed by atoms with Crippen molar-refractivity contribution in [1.29, 1.82) is 0 Å². The number of nitrogens with zero attached hydrogens (tertiary/aromatic N) is 1. The highest BCUT2D eigenvalue weighted by molar-refractivity contribution is 5.92. The topological polar surface area (TPSA) is 66.3 Å². The van der Waals surface area contributed by atoms with E-state index in [1.165, 1.54) is 5.52 Å². The molecule has 23 heavy (non-hydrogen) atoms. The highest BCUT2D eigenvalue weighted by Crippen LogP contribution is 2.21. The van der Waals surface area contributed by atoms with E-state index in [-0.39, 0.29) is 18.6 Å². The summed E-state index contributed by atoms with van der Waals surface area (Å²) in [5.74, 6) is 0.855. The Balaban J connectivity index is 1.97. The molecule has 1 heterocycles. The van der Waals surface area contributed by atoms with E-state index in [0.29, 0.717) is 18.9 Å². The van der Waals surface area contributed by atoms with Crippen molar-refractivity contribution in [2.75, 3.05) is 18.5 Å². The average Bonchev–Trinajstić information content (AvgIpc) is 2.87. The molecule has 0 spiro atoms. The Labute approximate surface area is 137 Å². The van der Waals surface area contributed by atoms with Gasteiger partial charge in [0.15, 0.2) is 0 Å². The van der Waals surface area contributed by atoms with Crippen molar-refractivity contribution in [2.45, 2.75) is 33.7 Å². The molecule has 0 bridgehead atoms. The molecule has 0 radical (unpaired) electrons. The smallest absolute Gasteiger partial charge is 0.319 e. The highest BCUT2D eigenvalue weighted by Gasteiger charge is 2.07. The number of carbonyl (C=O) groups is 1. The van der Waals surface area contributed by atoms with Gasteiger partial charge < -0.3 is 20.3 Å². The van der Waals surface area contributed by atoms with E-state index in [9.17, 15) is 4.79 Å². The minimum atomic E-state index is -0.212. The van der Waals surface area contributed by atoms with Crippen LogP contribution in [0.1, 0.15) is 27.2 Å². The number of hydrogen-bond donors (Lipinski definition) is 3. The van der Waals surface area contributed by atoms with Crippen molar-refractivity contribution < 1.29 is 9.90 Å². The lowest BCUT2D eigenvalue weighted by Gasteiger charge is -2.12. The van der Waals surface area contributed by atoms with Crippen molar-refractivity contribution >= 4 is 22.6 Å². The van der Waals surface area contributed by atoms with Crippen LogP contribution in [0, 0.1) is 11.8 Å². The first-order valence-corrected chi connectivity index (χ1v) is 8.24. The number of fused-ring (bicyclic) bond motifs is 1. The van der Waals surface area contributed by atoms with Crippen LogP contribution in [0.25, 0.3) is 10.9 Å². The molecule has 1 aromatic heterocycles. The van der Waals surface area contributed by atoms with Gasteiger partial charge in [0.05, 0.1) is 0 Å². The molecule has 1 unspecified atom stereocenters. The third-order valence-electron chi connectivity index (χ3n) is 3.82. The Bertz CT molecular complexity index is 649. The zero-order chi connectivity index (χ0) is 16.8. The summed E-state index contributed by atoms with van der Waals surface area (Å²) in [6.07, 6.45) is 2.78. The van der Waals surface area contributed by atoms with Gasteiger partial charge in [-0.1, -0.05) is 20.8 Å². The Hall–Kier alpha value is -2.01. The van der Waals surface area contributed by atoms with Gasteiger partial charge in [-0.15, -0.1) is 0 Å². The molecule has 2 rings (SSSR count). The van der Waals surface area contributed by atoms with E-state index < -0.39 is 0 Å². The normalized spacial score (nSPS) is 12.6. The molecule has 3 N–H and O–H groups in total.